The lowest BCUT2D eigenvalue weighted by atomic mass is 9.97. The Balaban J connectivity index is 1.53. The number of aromatic nitrogens is 5. The summed E-state index contributed by atoms with van der Waals surface area (Å²) in [5.74, 6) is 3.33. The van der Waals surface area contributed by atoms with Gasteiger partial charge in [0, 0.05) is 23.9 Å². The van der Waals surface area contributed by atoms with Crippen molar-refractivity contribution in [2.24, 2.45) is 0 Å². The number of rotatable bonds is 2. The van der Waals surface area contributed by atoms with Gasteiger partial charge in [-0.25, -0.2) is 15.0 Å². The van der Waals surface area contributed by atoms with Gasteiger partial charge in [-0.3, -0.25) is 5.10 Å². The predicted octanol–water partition coefficient (Wildman–Crippen LogP) is 2.99. The highest BCUT2D eigenvalue weighted by Crippen LogP contribution is 2.41. The van der Waals surface area contributed by atoms with Gasteiger partial charge in [-0.1, -0.05) is 0 Å². The Morgan fingerprint density at radius 3 is 3.08 bits per heavy atom. The predicted molar refractivity (Wildman–Crippen MR) is 94.7 cm³/mol. The van der Waals surface area contributed by atoms with Crippen LogP contribution in [0.5, 0.6) is 0 Å². The first-order chi connectivity index (χ1) is 11.8. The first-order valence-corrected chi connectivity index (χ1v) is 9.50. The van der Waals surface area contributed by atoms with Gasteiger partial charge >= 0.3 is 0 Å². The first kappa shape index (κ1) is 14.3. The third-order valence-electron chi connectivity index (χ3n) is 5.18. The van der Waals surface area contributed by atoms with Gasteiger partial charge in [0.25, 0.3) is 0 Å². The van der Waals surface area contributed by atoms with E-state index in [9.17, 15) is 0 Å². The highest BCUT2D eigenvalue weighted by molar-refractivity contribution is 7.19. The van der Waals surface area contributed by atoms with Crippen LogP contribution in [0, 0.1) is 6.92 Å². The molecule has 0 radical (unpaired) electrons. The number of aryl methyl sites for hydroxylation is 3. The van der Waals surface area contributed by atoms with Gasteiger partial charge in [0.2, 0.25) is 0 Å². The van der Waals surface area contributed by atoms with Gasteiger partial charge in [0.05, 0.1) is 5.39 Å². The van der Waals surface area contributed by atoms with Crippen molar-refractivity contribution in [3.05, 3.63) is 28.4 Å². The van der Waals surface area contributed by atoms with Crippen LogP contribution in [-0.2, 0) is 12.8 Å². The van der Waals surface area contributed by atoms with Crippen molar-refractivity contribution in [1.82, 2.24) is 25.1 Å². The van der Waals surface area contributed by atoms with E-state index in [1.54, 1.807) is 6.33 Å². The topological polar surface area (TPSA) is 70.6 Å². The van der Waals surface area contributed by atoms with Gasteiger partial charge in [-0.2, -0.15) is 5.10 Å². The summed E-state index contributed by atoms with van der Waals surface area (Å²) in [7, 11) is 0. The Kier molecular flexibility index (Phi) is 3.29. The van der Waals surface area contributed by atoms with Crippen molar-refractivity contribution in [2.45, 2.75) is 44.9 Å². The number of H-pyrrole nitrogens is 1. The third-order valence-corrected chi connectivity index (χ3v) is 6.38. The minimum Gasteiger partial charge on any atom is -0.355 e. The zero-order chi connectivity index (χ0) is 16.1. The van der Waals surface area contributed by atoms with Crippen LogP contribution >= 0.6 is 11.3 Å². The molecule has 3 aromatic heterocycles. The lowest BCUT2D eigenvalue weighted by Crippen LogP contribution is -2.35. The number of piperidine rings is 1. The SMILES string of the molecule is Cc1nc(C2CCCN(c3ncnc4sc5c(c34)CCC5)C2)n[nH]1. The fraction of sp³-hybridized carbons (Fsp3) is 0.529. The normalized spacial score (nSPS) is 20.7. The molecule has 1 aliphatic carbocycles. The molecule has 0 amide bonds. The molecule has 124 valence electrons. The number of thiophene rings is 1. The maximum Gasteiger partial charge on any atom is 0.155 e. The van der Waals surface area contributed by atoms with Crippen molar-refractivity contribution >= 4 is 27.4 Å². The molecular formula is C17H20N6S. The van der Waals surface area contributed by atoms with Gasteiger partial charge in [-0.05, 0) is 44.6 Å². The molecule has 1 saturated heterocycles. The van der Waals surface area contributed by atoms with Gasteiger partial charge < -0.3 is 4.90 Å². The molecule has 1 fully saturated rings. The van der Waals surface area contributed by atoms with Gasteiger partial charge in [0.1, 0.15) is 22.8 Å². The minimum absolute atomic E-state index is 0.375. The number of nitrogens with one attached hydrogen (secondary N) is 1. The third kappa shape index (κ3) is 2.22. The average molecular weight is 340 g/mol. The number of fused-ring (bicyclic) bond motifs is 3. The molecule has 0 spiro atoms. The molecule has 6 nitrogen and oxygen atoms in total. The molecule has 1 N–H and O–H groups in total. The van der Waals surface area contributed by atoms with E-state index in [1.165, 1.54) is 35.1 Å². The molecule has 2 aliphatic rings. The van der Waals surface area contributed by atoms with Crippen molar-refractivity contribution < 1.29 is 0 Å². The summed E-state index contributed by atoms with van der Waals surface area (Å²) in [6.45, 7) is 3.95. The summed E-state index contributed by atoms with van der Waals surface area (Å²) < 4.78 is 0. The second kappa shape index (κ2) is 5.51. The van der Waals surface area contributed by atoms with E-state index in [2.05, 4.69) is 30.0 Å². The van der Waals surface area contributed by atoms with Gasteiger partial charge in [-0.15, -0.1) is 11.3 Å². The Morgan fingerprint density at radius 2 is 2.21 bits per heavy atom. The number of hydrogen-bond donors (Lipinski definition) is 1. The van der Waals surface area contributed by atoms with Crippen molar-refractivity contribution in [3.63, 3.8) is 0 Å². The van der Waals surface area contributed by atoms with E-state index in [0.29, 0.717) is 5.92 Å². The minimum atomic E-state index is 0.375. The lowest BCUT2D eigenvalue weighted by Gasteiger charge is -2.32. The van der Waals surface area contributed by atoms with Crippen LogP contribution in [0.2, 0.25) is 0 Å². The summed E-state index contributed by atoms with van der Waals surface area (Å²) in [5, 5.41) is 8.67. The molecule has 24 heavy (non-hydrogen) atoms. The van der Waals surface area contributed by atoms with E-state index in [1.807, 2.05) is 18.3 Å². The monoisotopic (exact) mass is 340 g/mol. The smallest absolute Gasteiger partial charge is 0.155 e. The maximum atomic E-state index is 4.69. The van der Waals surface area contributed by atoms with Crippen LogP contribution in [0.15, 0.2) is 6.33 Å². The highest BCUT2D eigenvalue weighted by atomic mass is 32.1. The number of anilines is 1. The summed E-state index contributed by atoms with van der Waals surface area (Å²) >= 11 is 1.86. The average Bonchev–Trinajstić information content (AvgIpc) is 3.30. The number of aromatic amines is 1. The Morgan fingerprint density at radius 1 is 1.25 bits per heavy atom. The number of nitrogens with zero attached hydrogens (tertiary/aromatic N) is 5. The molecular weight excluding hydrogens is 320 g/mol. The zero-order valence-corrected chi connectivity index (χ0v) is 14.6. The lowest BCUT2D eigenvalue weighted by molar-refractivity contribution is 0.490. The maximum absolute atomic E-state index is 4.69. The fourth-order valence-electron chi connectivity index (χ4n) is 4.07. The zero-order valence-electron chi connectivity index (χ0n) is 13.7. The standard InChI is InChI=1S/C17H20N6S/c1-10-20-15(22-21-10)11-4-3-7-23(8-11)16-14-12-5-2-6-13(12)24-17(14)19-9-18-16/h9,11H,2-8H2,1H3,(H,20,21,22). The van der Waals surface area contributed by atoms with E-state index in [-0.39, 0.29) is 0 Å². The summed E-state index contributed by atoms with van der Waals surface area (Å²) in [6.07, 6.45) is 7.66. The molecule has 0 saturated carbocycles. The molecule has 1 atom stereocenters. The van der Waals surface area contributed by atoms with Crippen LogP contribution in [0.3, 0.4) is 0 Å². The summed E-state index contributed by atoms with van der Waals surface area (Å²) in [5.41, 5.74) is 1.50. The summed E-state index contributed by atoms with van der Waals surface area (Å²) in [6, 6.07) is 0. The van der Waals surface area contributed by atoms with Crippen molar-refractivity contribution in [3.8, 4) is 0 Å². The second-order valence-corrected chi connectivity index (χ2v) is 7.88. The van der Waals surface area contributed by atoms with E-state index in [0.717, 1.165) is 48.2 Å². The van der Waals surface area contributed by atoms with Crippen LogP contribution < -0.4 is 4.90 Å². The van der Waals surface area contributed by atoms with Crippen LogP contribution in [-0.4, -0.2) is 38.2 Å². The highest BCUT2D eigenvalue weighted by Gasteiger charge is 2.28. The summed E-state index contributed by atoms with van der Waals surface area (Å²) in [4.78, 5) is 18.9. The molecule has 0 bridgehead atoms. The van der Waals surface area contributed by atoms with E-state index >= 15 is 0 Å². The second-order valence-electron chi connectivity index (χ2n) is 6.80. The Bertz CT molecular complexity index is 898. The van der Waals surface area contributed by atoms with Crippen LogP contribution in [0.1, 0.15) is 47.3 Å². The fourth-order valence-corrected chi connectivity index (χ4v) is 5.30. The Labute approximate surface area is 144 Å². The van der Waals surface area contributed by atoms with Crippen molar-refractivity contribution in [1.29, 1.82) is 0 Å². The molecule has 1 unspecified atom stereocenters. The molecule has 3 aromatic rings. The molecule has 4 heterocycles. The molecule has 0 aromatic carbocycles. The molecule has 7 heteroatoms. The quantitative estimate of drug-likeness (QED) is 0.776. The van der Waals surface area contributed by atoms with Crippen LogP contribution in [0.25, 0.3) is 10.2 Å². The van der Waals surface area contributed by atoms with Crippen molar-refractivity contribution in [2.75, 3.05) is 18.0 Å². The Hall–Kier alpha value is -2.02. The van der Waals surface area contributed by atoms with Crippen LogP contribution in [0.4, 0.5) is 5.82 Å². The largest absolute Gasteiger partial charge is 0.355 e. The van der Waals surface area contributed by atoms with E-state index < -0.39 is 0 Å². The van der Waals surface area contributed by atoms with E-state index in [4.69, 9.17) is 0 Å². The number of hydrogen-bond acceptors (Lipinski definition) is 6. The first-order valence-electron chi connectivity index (χ1n) is 8.68. The molecule has 5 rings (SSSR count). The van der Waals surface area contributed by atoms with Gasteiger partial charge in [0.15, 0.2) is 5.82 Å². The molecule has 1 aliphatic heterocycles.